The van der Waals surface area contributed by atoms with E-state index in [-0.39, 0.29) is 0 Å². The van der Waals surface area contributed by atoms with Crippen LogP contribution in [0.4, 0.5) is 0 Å². The van der Waals surface area contributed by atoms with Crippen molar-refractivity contribution in [2.75, 3.05) is 40.3 Å². The van der Waals surface area contributed by atoms with E-state index in [4.69, 9.17) is 0 Å². The average molecular weight is 314 g/mol. The fourth-order valence-corrected chi connectivity index (χ4v) is 3.03. The summed E-state index contributed by atoms with van der Waals surface area (Å²) in [5.41, 5.74) is 2.99. The van der Waals surface area contributed by atoms with E-state index in [0.717, 1.165) is 57.9 Å². The highest BCUT2D eigenvalue weighted by molar-refractivity contribution is 5.79. The third-order valence-electron chi connectivity index (χ3n) is 4.40. The quantitative estimate of drug-likeness (QED) is 0.363. The van der Waals surface area contributed by atoms with E-state index in [0.29, 0.717) is 0 Å². The third-order valence-corrected chi connectivity index (χ3v) is 4.40. The summed E-state index contributed by atoms with van der Waals surface area (Å²) in [7, 11) is 3.94. The fourth-order valence-electron chi connectivity index (χ4n) is 3.03. The van der Waals surface area contributed by atoms with E-state index < -0.39 is 0 Å². The maximum atomic E-state index is 4.37. The molecule has 1 aliphatic heterocycles. The number of benzene rings is 1. The normalized spacial score (nSPS) is 15.1. The van der Waals surface area contributed by atoms with Crippen molar-refractivity contribution in [3.05, 3.63) is 48.0 Å². The van der Waals surface area contributed by atoms with Gasteiger partial charge in [0.1, 0.15) is 0 Å². The van der Waals surface area contributed by atoms with Gasteiger partial charge in [0.2, 0.25) is 0 Å². The smallest absolute Gasteiger partial charge is 0.193 e. The lowest BCUT2D eigenvalue weighted by atomic mass is 10.00. The van der Waals surface area contributed by atoms with Crippen LogP contribution in [-0.2, 0) is 13.0 Å². The molecule has 1 aromatic carbocycles. The summed E-state index contributed by atoms with van der Waals surface area (Å²) in [4.78, 5) is 9.08. The van der Waals surface area contributed by atoms with Gasteiger partial charge in [-0.3, -0.25) is 9.89 Å². The SMILES string of the molecule is C=CCCCN(C)C(=NC)NCCN1CCc2ccccc2C1. The molecule has 0 radical (unpaired) electrons. The van der Waals surface area contributed by atoms with Crippen molar-refractivity contribution in [2.24, 2.45) is 4.99 Å². The summed E-state index contributed by atoms with van der Waals surface area (Å²) >= 11 is 0. The Balaban J connectivity index is 1.73. The summed E-state index contributed by atoms with van der Waals surface area (Å²) in [6.07, 6.45) is 5.29. The molecule has 0 amide bonds. The Hall–Kier alpha value is -1.81. The molecule has 0 fully saturated rings. The molecule has 0 aliphatic carbocycles. The number of allylic oxidation sites excluding steroid dienone is 1. The monoisotopic (exact) mass is 314 g/mol. The van der Waals surface area contributed by atoms with Gasteiger partial charge in [-0.05, 0) is 30.4 Å². The molecule has 0 saturated heterocycles. The van der Waals surface area contributed by atoms with Crippen LogP contribution in [-0.4, -0.2) is 56.0 Å². The van der Waals surface area contributed by atoms with Crippen molar-refractivity contribution in [2.45, 2.75) is 25.8 Å². The van der Waals surface area contributed by atoms with Crippen molar-refractivity contribution in [3.63, 3.8) is 0 Å². The molecular formula is C19H30N4. The number of nitrogens with one attached hydrogen (secondary N) is 1. The molecule has 0 spiro atoms. The Kier molecular flexibility index (Phi) is 7.14. The first-order valence-electron chi connectivity index (χ1n) is 8.56. The lowest BCUT2D eigenvalue weighted by Gasteiger charge is -2.29. The molecule has 0 bridgehead atoms. The molecule has 1 heterocycles. The van der Waals surface area contributed by atoms with Gasteiger partial charge < -0.3 is 10.2 Å². The maximum absolute atomic E-state index is 4.37. The number of aliphatic imine (C=N–C) groups is 1. The molecule has 4 nitrogen and oxygen atoms in total. The Morgan fingerprint density at radius 2 is 2.17 bits per heavy atom. The van der Waals surface area contributed by atoms with Crippen molar-refractivity contribution < 1.29 is 0 Å². The molecule has 1 N–H and O–H groups in total. The van der Waals surface area contributed by atoms with E-state index >= 15 is 0 Å². The molecule has 0 unspecified atom stereocenters. The van der Waals surface area contributed by atoms with Gasteiger partial charge in [-0.2, -0.15) is 0 Å². The zero-order valence-electron chi connectivity index (χ0n) is 14.6. The molecule has 126 valence electrons. The molecule has 0 atom stereocenters. The van der Waals surface area contributed by atoms with Crippen LogP contribution in [0.3, 0.4) is 0 Å². The maximum Gasteiger partial charge on any atom is 0.193 e. The standard InChI is InChI=1S/C19H30N4/c1-4-5-8-13-22(3)19(20-2)21-12-15-23-14-11-17-9-6-7-10-18(17)16-23/h4,6-7,9-10H,1,5,8,11-16H2,2-3H3,(H,20,21). The lowest BCUT2D eigenvalue weighted by Crippen LogP contribution is -2.43. The number of unbranched alkanes of at least 4 members (excludes halogenated alkanes) is 1. The minimum absolute atomic E-state index is 0.931. The highest BCUT2D eigenvalue weighted by atomic mass is 15.3. The highest BCUT2D eigenvalue weighted by Crippen LogP contribution is 2.17. The van der Waals surface area contributed by atoms with E-state index in [2.05, 4.69) is 58.0 Å². The minimum atomic E-state index is 0.931. The van der Waals surface area contributed by atoms with Gasteiger partial charge in [0.05, 0.1) is 0 Å². The first-order chi connectivity index (χ1) is 11.2. The molecule has 4 heteroatoms. The molecule has 1 aromatic rings. The van der Waals surface area contributed by atoms with Crippen molar-refractivity contribution in [1.29, 1.82) is 0 Å². The van der Waals surface area contributed by atoms with Crippen LogP contribution in [0.1, 0.15) is 24.0 Å². The van der Waals surface area contributed by atoms with Gasteiger partial charge in [0.15, 0.2) is 5.96 Å². The van der Waals surface area contributed by atoms with Crippen LogP contribution in [0.15, 0.2) is 41.9 Å². The van der Waals surface area contributed by atoms with Crippen LogP contribution >= 0.6 is 0 Å². The summed E-state index contributed by atoms with van der Waals surface area (Å²) in [6.45, 7) is 8.96. The van der Waals surface area contributed by atoms with E-state index in [1.54, 1.807) is 0 Å². The van der Waals surface area contributed by atoms with Crippen LogP contribution < -0.4 is 5.32 Å². The summed E-state index contributed by atoms with van der Waals surface area (Å²) in [5, 5.41) is 3.48. The van der Waals surface area contributed by atoms with Gasteiger partial charge in [-0.15, -0.1) is 6.58 Å². The lowest BCUT2D eigenvalue weighted by molar-refractivity contribution is 0.257. The van der Waals surface area contributed by atoms with Gasteiger partial charge in [0, 0.05) is 46.8 Å². The van der Waals surface area contributed by atoms with Crippen LogP contribution in [0, 0.1) is 0 Å². The summed E-state index contributed by atoms with van der Waals surface area (Å²) in [6, 6.07) is 8.79. The zero-order valence-corrected chi connectivity index (χ0v) is 14.6. The third kappa shape index (κ3) is 5.39. The molecule has 23 heavy (non-hydrogen) atoms. The molecule has 0 saturated carbocycles. The molecule has 1 aliphatic rings. The second kappa shape index (κ2) is 9.36. The number of hydrogen-bond donors (Lipinski definition) is 1. The Labute approximate surface area is 140 Å². The Morgan fingerprint density at radius 1 is 1.39 bits per heavy atom. The second-order valence-electron chi connectivity index (χ2n) is 6.12. The first-order valence-corrected chi connectivity index (χ1v) is 8.56. The average Bonchev–Trinajstić information content (AvgIpc) is 2.58. The predicted molar refractivity (Wildman–Crippen MR) is 98.8 cm³/mol. The topological polar surface area (TPSA) is 30.9 Å². The Morgan fingerprint density at radius 3 is 2.91 bits per heavy atom. The van der Waals surface area contributed by atoms with Gasteiger partial charge in [-0.25, -0.2) is 0 Å². The fraction of sp³-hybridized carbons (Fsp3) is 0.526. The van der Waals surface area contributed by atoms with Crippen molar-refractivity contribution in [1.82, 2.24) is 15.1 Å². The zero-order chi connectivity index (χ0) is 16.5. The highest BCUT2D eigenvalue weighted by Gasteiger charge is 2.15. The van der Waals surface area contributed by atoms with Gasteiger partial charge >= 0.3 is 0 Å². The molecule has 2 rings (SSSR count). The van der Waals surface area contributed by atoms with E-state index in [1.165, 1.54) is 11.1 Å². The second-order valence-corrected chi connectivity index (χ2v) is 6.12. The number of hydrogen-bond acceptors (Lipinski definition) is 2. The van der Waals surface area contributed by atoms with Crippen LogP contribution in [0.2, 0.25) is 0 Å². The minimum Gasteiger partial charge on any atom is -0.355 e. The largest absolute Gasteiger partial charge is 0.355 e. The van der Waals surface area contributed by atoms with Crippen molar-refractivity contribution >= 4 is 5.96 Å². The summed E-state index contributed by atoms with van der Waals surface area (Å²) < 4.78 is 0. The first kappa shape index (κ1) is 17.5. The predicted octanol–water partition coefficient (Wildman–Crippen LogP) is 2.52. The number of fused-ring (bicyclic) bond motifs is 1. The van der Waals surface area contributed by atoms with Gasteiger partial charge in [0.25, 0.3) is 0 Å². The van der Waals surface area contributed by atoms with Gasteiger partial charge in [-0.1, -0.05) is 30.3 Å². The van der Waals surface area contributed by atoms with E-state index in [1.807, 2.05) is 13.1 Å². The number of guanidine groups is 1. The van der Waals surface area contributed by atoms with Crippen LogP contribution in [0.5, 0.6) is 0 Å². The van der Waals surface area contributed by atoms with Crippen molar-refractivity contribution in [3.8, 4) is 0 Å². The van der Waals surface area contributed by atoms with E-state index in [9.17, 15) is 0 Å². The Bertz CT molecular complexity index is 524. The number of nitrogens with zero attached hydrogens (tertiary/aromatic N) is 3. The van der Waals surface area contributed by atoms with Crippen LogP contribution in [0.25, 0.3) is 0 Å². The molecular weight excluding hydrogens is 284 g/mol. The number of rotatable bonds is 7. The molecule has 0 aromatic heterocycles. The summed E-state index contributed by atoms with van der Waals surface area (Å²) in [5.74, 6) is 0.978.